The van der Waals surface area contributed by atoms with Gasteiger partial charge in [-0.05, 0) is 59.7 Å². The Hall–Kier alpha value is -8.57. The fourth-order valence-corrected chi connectivity index (χ4v) is 9.09. The summed E-state index contributed by atoms with van der Waals surface area (Å²) < 4.78 is 16.9. The molecule has 12 rings (SSSR count). The van der Waals surface area contributed by atoms with Crippen molar-refractivity contribution in [2.45, 2.75) is 0 Å². The van der Waals surface area contributed by atoms with E-state index in [1.54, 1.807) is 6.07 Å². The van der Waals surface area contributed by atoms with Crippen molar-refractivity contribution in [1.82, 2.24) is 9.13 Å². The molecule has 0 aliphatic rings. The van der Waals surface area contributed by atoms with E-state index in [4.69, 9.17) is 22.0 Å². The van der Waals surface area contributed by atoms with Crippen LogP contribution in [0.1, 0.15) is 5.56 Å². The molecular weight excluding hydrogens is 715 g/mol. The van der Waals surface area contributed by atoms with Crippen molar-refractivity contribution in [2.75, 3.05) is 0 Å². The van der Waals surface area contributed by atoms with Gasteiger partial charge in [0.25, 0.3) is 0 Å². The molecule has 266 valence electrons. The highest BCUT2D eigenvalue weighted by Crippen LogP contribution is 2.47. The van der Waals surface area contributed by atoms with Gasteiger partial charge in [0.05, 0.1) is 46.5 Å². The van der Waals surface area contributed by atoms with Crippen molar-refractivity contribution in [2.24, 2.45) is 0 Å². The average Bonchev–Trinajstić information content (AvgIpc) is 4.01. The van der Waals surface area contributed by atoms with Gasteiger partial charge in [-0.25, -0.2) is 4.85 Å². The Kier molecular flexibility index (Phi) is 6.41. The van der Waals surface area contributed by atoms with Gasteiger partial charge >= 0.3 is 0 Å². The second kappa shape index (κ2) is 11.7. The molecule has 0 aliphatic carbocycles. The molecule has 0 spiro atoms. The van der Waals surface area contributed by atoms with Crippen molar-refractivity contribution in [1.29, 1.82) is 5.26 Å². The molecule has 0 amide bonds. The second-order valence-corrected chi connectivity index (χ2v) is 14.5. The predicted molar refractivity (Wildman–Crippen MR) is 232 cm³/mol. The zero-order valence-electron chi connectivity index (χ0n) is 30.5. The van der Waals surface area contributed by atoms with Crippen LogP contribution in [0, 0.1) is 24.5 Å². The normalized spacial score (nSPS) is 11.7. The first-order valence-electron chi connectivity index (χ1n) is 18.8. The Labute approximate surface area is 329 Å². The molecule has 0 fully saturated rings. The average molecular weight is 740 g/mol. The predicted octanol–water partition coefficient (Wildman–Crippen LogP) is 14.3. The Morgan fingerprint density at radius 2 is 1.02 bits per heavy atom. The molecule has 4 heterocycles. The number of fused-ring (bicyclic) bond motifs is 12. The molecule has 4 aromatic heterocycles. The number of hydrogen-bond donors (Lipinski definition) is 0. The maximum Gasteiger partial charge on any atom is 0.218 e. The lowest BCUT2D eigenvalue weighted by Gasteiger charge is -2.18. The van der Waals surface area contributed by atoms with Crippen LogP contribution < -0.4 is 0 Å². The van der Waals surface area contributed by atoms with Crippen molar-refractivity contribution in [3.8, 4) is 28.6 Å². The summed E-state index contributed by atoms with van der Waals surface area (Å²) in [6.45, 7) is 16.5. The van der Waals surface area contributed by atoms with Crippen LogP contribution in [0.25, 0.3) is 120 Å². The molecule has 0 unspecified atom stereocenters. The van der Waals surface area contributed by atoms with Crippen LogP contribution in [0.4, 0.5) is 11.4 Å². The number of aromatic nitrogens is 2. The summed E-state index contributed by atoms with van der Waals surface area (Å²) in [7, 11) is 0. The van der Waals surface area contributed by atoms with Crippen LogP contribution in [-0.4, -0.2) is 9.13 Å². The highest BCUT2D eigenvalue weighted by atomic mass is 16.3. The van der Waals surface area contributed by atoms with Crippen molar-refractivity contribution in [3.63, 3.8) is 0 Å². The Morgan fingerprint density at radius 1 is 0.466 bits per heavy atom. The molecule has 0 saturated heterocycles. The third-order valence-corrected chi connectivity index (χ3v) is 11.6. The van der Waals surface area contributed by atoms with Crippen molar-refractivity contribution >= 4 is 98.9 Å². The fourth-order valence-electron chi connectivity index (χ4n) is 9.09. The Bertz CT molecular complexity index is 3910. The molecule has 58 heavy (non-hydrogen) atoms. The number of nitriles is 1. The van der Waals surface area contributed by atoms with E-state index in [-0.39, 0.29) is 11.4 Å². The maximum absolute atomic E-state index is 10.9. The molecular formula is C51H25N5O2. The molecule has 0 saturated carbocycles. The third kappa shape index (κ3) is 4.23. The van der Waals surface area contributed by atoms with Gasteiger partial charge in [-0.15, -0.1) is 0 Å². The van der Waals surface area contributed by atoms with E-state index in [9.17, 15) is 5.26 Å². The van der Waals surface area contributed by atoms with Gasteiger partial charge in [-0.1, -0.05) is 91.0 Å². The number of nitrogens with zero attached hydrogens (tertiary/aromatic N) is 5. The topological polar surface area (TPSA) is 68.6 Å². The highest BCUT2D eigenvalue weighted by molar-refractivity contribution is 6.19. The molecule has 8 aromatic carbocycles. The van der Waals surface area contributed by atoms with Gasteiger partial charge in [-0.2, -0.15) is 5.26 Å². The van der Waals surface area contributed by atoms with Crippen LogP contribution in [0.3, 0.4) is 0 Å². The second-order valence-electron chi connectivity index (χ2n) is 14.5. The van der Waals surface area contributed by atoms with E-state index < -0.39 is 0 Å². The van der Waals surface area contributed by atoms with E-state index in [0.29, 0.717) is 11.3 Å². The summed E-state index contributed by atoms with van der Waals surface area (Å²) in [6, 6.07) is 52.9. The van der Waals surface area contributed by atoms with E-state index in [1.165, 1.54) is 0 Å². The molecule has 7 heteroatoms. The van der Waals surface area contributed by atoms with Crippen molar-refractivity contribution < 1.29 is 8.83 Å². The smallest absolute Gasteiger partial charge is 0.218 e. The summed E-state index contributed by atoms with van der Waals surface area (Å²) in [6.07, 6.45) is 0. The van der Waals surface area contributed by atoms with Crippen LogP contribution >= 0.6 is 0 Å². The van der Waals surface area contributed by atoms with Gasteiger partial charge in [0.2, 0.25) is 5.69 Å². The first-order chi connectivity index (χ1) is 28.6. The van der Waals surface area contributed by atoms with Gasteiger partial charge in [0.15, 0.2) is 5.69 Å². The minimum Gasteiger partial charge on any atom is -0.456 e. The Morgan fingerprint density at radius 3 is 1.60 bits per heavy atom. The molecule has 0 bridgehead atoms. The fraction of sp³-hybridized carbons (Fsp3) is 0. The molecule has 0 N–H and O–H groups in total. The minimum atomic E-state index is 0.236. The van der Waals surface area contributed by atoms with Crippen LogP contribution in [0.2, 0.25) is 0 Å². The number of furan rings is 2. The van der Waals surface area contributed by atoms with Gasteiger partial charge in [0.1, 0.15) is 28.4 Å². The third-order valence-electron chi connectivity index (χ3n) is 11.6. The zero-order valence-corrected chi connectivity index (χ0v) is 30.5. The summed E-state index contributed by atoms with van der Waals surface area (Å²) in [5, 5.41) is 19.2. The lowest BCUT2D eigenvalue weighted by atomic mass is 9.98. The monoisotopic (exact) mass is 739 g/mol. The summed E-state index contributed by atoms with van der Waals surface area (Å²) in [4.78, 5) is 7.82. The molecule has 0 atom stereocenters. The van der Waals surface area contributed by atoms with Gasteiger partial charge in [-0.3, -0.25) is 4.85 Å². The van der Waals surface area contributed by atoms with Gasteiger partial charge in [0, 0.05) is 60.9 Å². The van der Waals surface area contributed by atoms with Crippen LogP contribution in [0.5, 0.6) is 0 Å². The van der Waals surface area contributed by atoms with E-state index in [1.807, 2.05) is 97.1 Å². The molecule has 0 aliphatic heterocycles. The van der Waals surface area contributed by atoms with E-state index >= 15 is 0 Å². The van der Waals surface area contributed by atoms with E-state index in [0.717, 1.165) is 104 Å². The summed E-state index contributed by atoms with van der Waals surface area (Å²) >= 11 is 0. The summed E-state index contributed by atoms with van der Waals surface area (Å²) in [5.74, 6) is 0. The lowest BCUT2D eigenvalue weighted by Crippen LogP contribution is -2.00. The van der Waals surface area contributed by atoms with Crippen LogP contribution in [0.15, 0.2) is 160 Å². The number of benzene rings is 8. The lowest BCUT2D eigenvalue weighted by molar-refractivity contribution is 0.669. The first kappa shape index (κ1) is 31.7. The standard InChI is InChI=1S/C51H25N5O2/c1-53-40-21-20-31(51(50(40)54-2)56-43-16-8-4-12-33(43)37-25-39-35-14-6-10-18-47(35)58-49(39)27-45(37)56)29-19-22-41(30(23-29)28-52)55-42-15-7-3-11-32(42)36-24-38-34-13-5-9-17-46(34)57-48(38)26-44(36)55/h3-27H. The molecule has 0 radical (unpaired) electrons. The maximum atomic E-state index is 10.9. The SMILES string of the molecule is [C-]#[N+]c1ccc(-c2ccc(-n3c4ccccc4c4cc5c(cc43)oc3ccccc35)c(C#N)c2)c(-n2c3ccccc3c3cc4c(cc32)oc2ccccc24)c1[N+]#[C-]. The number of para-hydroxylation sites is 4. The number of rotatable bonds is 3. The largest absolute Gasteiger partial charge is 0.456 e. The van der Waals surface area contributed by atoms with Crippen LogP contribution in [-0.2, 0) is 0 Å². The Balaban J connectivity index is 1.13. The molecule has 7 nitrogen and oxygen atoms in total. The van der Waals surface area contributed by atoms with Gasteiger partial charge < -0.3 is 18.0 Å². The first-order valence-corrected chi connectivity index (χ1v) is 18.8. The van der Waals surface area contributed by atoms with E-state index in [2.05, 4.69) is 73.4 Å². The zero-order chi connectivity index (χ0) is 38.6. The quantitative estimate of drug-likeness (QED) is 0.169. The molecule has 12 aromatic rings. The minimum absolute atomic E-state index is 0.236. The number of hydrogen-bond acceptors (Lipinski definition) is 3. The van der Waals surface area contributed by atoms with Crippen molar-refractivity contribution in [3.05, 3.63) is 180 Å². The summed E-state index contributed by atoms with van der Waals surface area (Å²) in [5.41, 5.74) is 10.5. The highest BCUT2D eigenvalue weighted by Gasteiger charge is 2.24.